The maximum atomic E-state index is 7.06. The monoisotopic (exact) mass is 171 g/mol. The van der Waals surface area contributed by atoms with Crippen molar-refractivity contribution in [3.8, 4) is 0 Å². The first-order valence-electron chi connectivity index (χ1n) is 4.53. The van der Waals surface area contributed by atoms with Gasteiger partial charge in [0.2, 0.25) is 0 Å². The molecule has 0 unspecified atom stereocenters. The van der Waals surface area contributed by atoms with Crippen LogP contribution >= 0.6 is 0 Å². The molecular weight excluding hydrogens is 150 g/mol. The fourth-order valence-electron chi connectivity index (χ4n) is 0.902. The maximum Gasteiger partial charge on any atom is 0.0918 e. The van der Waals surface area contributed by atoms with Crippen LogP contribution in [0.15, 0.2) is 0 Å². The Balaban J connectivity index is 3.33. The van der Waals surface area contributed by atoms with Crippen LogP contribution in [-0.4, -0.2) is 30.9 Å². The number of nitrogens with zero attached hydrogens (tertiary/aromatic N) is 1. The van der Waals surface area contributed by atoms with Crippen LogP contribution in [0.4, 0.5) is 0 Å². The van der Waals surface area contributed by atoms with E-state index in [1.807, 2.05) is 0 Å². The van der Waals surface area contributed by atoms with E-state index in [4.69, 9.17) is 11.1 Å². The van der Waals surface area contributed by atoms with E-state index in [-0.39, 0.29) is 5.84 Å². The number of amidine groups is 1. The van der Waals surface area contributed by atoms with Gasteiger partial charge in [0, 0.05) is 13.0 Å². The molecule has 0 aliphatic heterocycles. The van der Waals surface area contributed by atoms with Crippen molar-refractivity contribution in [3.05, 3.63) is 0 Å². The Kier molecular flexibility index (Phi) is 5.72. The Morgan fingerprint density at radius 3 is 2.42 bits per heavy atom. The lowest BCUT2D eigenvalue weighted by Gasteiger charge is -2.16. The molecule has 0 bridgehead atoms. The van der Waals surface area contributed by atoms with Gasteiger partial charge in [0.25, 0.3) is 0 Å². The van der Waals surface area contributed by atoms with Crippen molar-refractivity contribution in [2.75, 3.05) is 20.1 Å². The van der Waals surface area contributed by atoms with E-state index in [9.17, 15) is 0 Å². The summed E-state index contributed by atoms with van der Waals surface area (Å²) in [4.78, 5) is 2.22. The van der Waals surface area contributed by atoms with Crippen molar-refractivity contribution >= 4 is 5.84 Å². The average molecular weight is 171 g/mol. The molecule has 3 nitrogen and oxygen atoms in total. The average Bonchev–Trinajstić information content (AvgIpc) is 1.96. The van der Waals surface area contributed by atoms with Crippen molar-refractivity contribution in [2.45, 2.75) is 26.7 Å². The van der Waals surface area contributed by atoms with Gasteiger partial charge in [-0.15, -0.1) is 0 Å². The van der Waals surface area contributed by atoms with Gasteiger partial charge in [-0.3, -0.25) is 5.41 Å². The van der Waals surface area contributed by atoms with E-state index >= 15 is 0 Å². The fourth-order valence-corrected chi connectivity index (χ4v) is 0.902. The minimum Gasteiger partial charge on any atom is -0.388 e. The van der Waals surface area contributed by atoms with Gasteiger partial charge in [-0.2, -0.15) is 0 Å². The van der Waals surface area contributed by atoms with Gasteiger partial charge in [-0.1, -0.05) is 13.8 Å². The van der Waals surface area contributed by atoms with Gasteiger partial charge >= 0.3 is 0 Å². The zero-order chi connectivity index (χ0) is 9.56. The van der Waals surface area contributed by atoms with E-state index < -0.39 is 0 Å². The van der Waals surface area contributed by atoms with Crippen LogP contribution in [0.5, 0.6) is 0 Å². The summed E-state index contributed by atoms with van der Waals surface area (Å²) >= 11 is 0. The first-order valence-corrected chi connectivity index (χ1v) is 4.53. The van der Waals surface area contributed by atoms with Gasteiger partial charge in [0.1, 0.15) is 0 Å². The standard InChI is InChI=1S/C9H21N3/c1-8(2)4-6-12(3)7-5-9(10)11/h8H,4-7H2,1-3H3,(H3,10,11). The molecule has 0 amide bonds. The highest BCUT2D eigenvalue weighted by atomic mass is 15.1. The molecule has 12 heavy (non-hydrogen) atoms. The molecule has 0 aromatic rings. The molecule has 0 spiro atoms. The number of nitrogens with two attached hydrogens (primary N) is 1. The number of nitrogens with one attached hydrogen (secondary N) is 1. The molecule has 0 aliphatic carbocycles. The molecule has 0 saturated heterocycles. The first kappa shape index (κ1) is 11.4. The lowest BCUT2D eigenvalue weighted by Crippen LogP contribution is -2.25. The lowest BCUT2D eigenvalue weighted by molar-refractivity contribution is 0.318. The topological polar surface area (TPSA) is 53.1 Å². The minimum atomic E-state index is 0.284. The summed E-state index contributed by atoms with van der Waals surface area (Å²) in [5.74, 6) is 1.04. The van der Waals surface area contributed by atoms with Crippen molar-refractivity contribution in [3.63, 3.8) is 0 Å². The van der Waals surface area contributed by atoms with Crippen LogP contribution in [0.25, 0.3) is 0 Å². The lowest BCUT2D eigenvalue weighted by atomic mass is 10.1. The quantitative estimate of drug-likeness (QED) is 0.467. The number of rotatable bonds is 6. The van der Waals surface area contributed by atoms with E-state index in [0.717, 1.165) is 19.0 Å². The van der Waals surface area contributed by atoms with Gasteiger partial charge in [-0.05, 0) is 25.9 Å². The molecule has 0 fully saturated rings. The summed E-state index contributed by atoms with van der Waals surface area (Å²) in [6.07, 6.45) is 1.91. The van der Waals surface area contributed by atoms with E-state index in [1.54, 1.807) is 0 Å². The normalized spacial score (nSPS) is 11.1. The predicted octanol–water partition coefficient (Wildman–Crippen LogP) is 1.29. The Morgan fingerprint density at radius 1 is 1.42 bits per heavy atom. The van der Waals surface area contributed by atoms with Crippen LogP contribution in [-0.2, 0) is 0 Å². The molecule has 0 aromatic heterocycles. The Morgan fingerprint density at radius 2 is 2.00 bits per heavy atom. The summed E-state index contributed by atoms with van der Waals surface area (Å²) in [7, 11) is 2.07. The summed E-state index contributed by atoms with van der Waals surface area (Å²) < 4.78 is 0. The number of hydrogen-bond acceptors (Lipinski definition) is 2. The molecule has 0 saturated carbocycles. The molecule has 72 valence electrons. The molecule has 0 atom stereocenters. The largest absolute Gasteiger partial charge is 0.388 e. The maximum absolute atomic E-state index is 7.06. The number of hydrogen-bond donors (Lipinski definition) is 2. The van der Waals surface area contributed by atoms with Crippen molar-refractivity contribution in [1.82, 2.24) is 4.90 Å². The second-order valence-corrected chi connectivity index (χ2v) is 3.76. The second-order valence-electron chi connectivity index (χ2n) is 3.76. The van der Waals surface area contributed by atoms with Crippen LogP contribution in [0, 0.1) is 11.3 Å². The van der Waals surface area contributed by atoms with E-state index in [1.165, 1.54) is 6.42 Å². The molecule has 3 heteroatoms. The Hall–Kier alpha value is -0.570. The fraction of sp³-hybridized carbons (Fsp3) is 0.889. The third-order valence-corrected chi connectivity index (χ3v) is 1.85. The highest BCUT2D eigenvalue weighted by molar-refractivity contribution is 5.76. The van der Waals surface area contributed by atoms with Gasteiger partial charge < -0.3 is 10.6 Å². The third kappa shape index (κ3) is 7.54. The zero-order valence-electron chi connectivity index (χ0n) is 8.43. The smallest absolute Gasteiger partial charge is 0.0918 e. The van der Waals surface area contributed by atoms with Gasteiger partial charge in [0.15, 0.2) is 0 Å². The van der Waals surface area contributed by atoms with Crippen LogP contribution in [0.2, 0.25) is 0 Å². The Labute approximate surface area is 75.4 Å². The highest BCUT2D eigenvalue weighted by Gasteiger charge is 2.00. The minimum absolute atomic E-state index is 0.284. The Bertz CT molecular complexity index is 132. The summed E-state index contributed by atoms with van der Waals surface area (Å²) in [5, 5.41) is 7.06. The molecular formula is C9H21N3. The molecule has 0 aromatic carbocycles. The van der Waals surface area contributed by atoms with Crippen LogP contribution in [0.1, 0.15) is 26.7 Å². The zero-order valence-corrected chi connectivity index (χ0v) is 8.43. The SMILES string of the molecule is CC(C)CCN(C)CCC(=N)N. The summed E-state index contributed by atoms with van der Waals surface area (Å²) in [6, 6.07) is 0. The van der Waals surface area contributed by atoms with E-state index in [2.05, 4.69) is 25.8 Å². The molecule has 0 radical (unpaired) electrons. The third-order valence-electron chi connectivity index (χ3n) is 1.85. The van der Waals surface area contributed by atoms with Crippen molar-refractivity contribution in [1.29, 1.82) is 5.41 Å². The van der Waals surface area contributed by atoms with Gasteiger partial charge in [-0.25, -0.2) is 0 Å². The molecule has 0 heterocycles. The summed E-state index contributed by atoms with van der Waals surface area (Å²) in [6.45, 7) is 6.45. The van der Waals surface area contributed by atoms with Crippen LogP contribution in [0.3, 0.4) is 0 Å². The van der Waals surface area contributed by atoms with E-state index in [0.29, 0.717) is 6.42 Å². The first-order chi connectivity index (χ1) is 5.52. The highest BCUT2D eigenvalue weighted by Crippen LogP contribution is 2.00. The van der Waals surface area contributed by atoms with Crippen molar-refractivity contribution < 1.29 is 0 Å². The second kappa shape index (κ2) is 6.00. The summed E-state index contributed by atoms with van der Waals surface area (Å²) in [5.41, 5.74) is 5.25. The molecule has 0 rings (SSSR count). The van der Waals surface area contributed by atoms with Crippen molar-refractivity contribution in [2.24, 2.45) is 11.7 Å². The molecule has 0 aliphatic rings. The predicted molar refractivity (Wildman–Crippen MR) is 53.5 cm³/mol. The van der Waals surface area contributed by atoms with Gasteiger partial charge in [0.05, 0.1) is 5.84 Å². The van der Waals surface area contributed by atoms with Crippen LogP contribution < -0.4 is 5.73 Å². The molecule has 3 N–H and O–H groups in total.